The number of rotatable bonds is 10. The third-order valence-electron chi connectivity index (χ3n) is 5.37. The van der Waals surface area contributed by atoms with Crippen molar-refractivity contribution in [1.29, 1.82) is 0 Å². The molecule has 0 bridgehead atoms. The quantitative estimate of drug-likeness (QED) is 0.317. The molecule has 0 aliphatic rings. The van der Waals surface area contributed by atoms with Crippen LogP contribution < -0.4 is 5.32 Å². The molecule has 0 saturated carbocycles. The van der Waals surface area contributed by atoms with Gasteiger partial charge >= 0.3 is 0 Å². The maximum atomic E-state index is 13.0. The van der Waals surface area contributed by atoms with Crippen LogP contribution in [-0.2, 0) is 26.9 Å². The Kier molecular flexibility index (Phi) is 8.33. The van der Waals surface area contributed by atoms with Gasteiger partial charge in [0.1, 0.15) is 11.6 Å². The van der Waals surface area contributed by atoms with E-state index in [2.05, 4.69) is 22.1 Å². The second-order valence-electron chi connectivity index (χ2n) is 8.19. The monoisotopic (exact) mass is 498 g/mol. The zero-order valence-corrected chi connectivity index (χ0v) is 21.5. The second kappa shape index (κ2) is 11.0. The van der Waals surface area contributed by atoms with Crippen molar-refractivity contribution in [1.82, 2.24) is 14.8 Å². The summed E-state index contributed by atoms with van der Waals surface area (Å²) < 4.78 is 27.6. The van der Waals surface area contributed by atoms with Crippen LogP contribution in [0, 0.1) is 20.8 Å². The van der Waals surface area contributed by atoms with E-state index in [0.29, 0.717) is 23.9 Å². The molecule has 0 saturated heterocycles. The number of carbonyl (C=O) groups is 1. The molecule has 0 aliphatic heterocycles. The average Bonchev–Trinajstić information content (AvgIpc) is 3.15. The second-order valence-corrected chi connectivity index (χ2v) is 11.4. The first kappa shape index (κ1) is 25.7. The summed E-state index contributed by atoms with van der Waals surface area (Å²) in [6, 6.07) is 12.6. The minimum Gasteiger partial charge on any atom is -0.325 e. The topological polar surface area (TPSA) is 93.9 Å². The largest absolute Gasteiger partial charge is 0.325 e. The van der Waals surface area contributed by atoms with E-state index in [4.69, 9.17) is 0 Å². The Hall–Kier alpha value is -2.91. The molecule has 1 atom stereocenters. The van der Waals surface area contributed by atoms with Crippen molar-refractivity contribution in [2.45, 2.75) is 61.7 Å². The molecule has 1 amide bonds. The van der Waals surface area contributed by atoms with Crippen LogP contribution in [0.5, 0.6) is 0 Å². The van der Waals surface area contributed by atoms with Crippen molar-refractivity contribution < 1.29 is 13.2 Å². The number of hydrogen-bond acceptors (Lipinski definition) is 6. The number of nitrogens with zero attached hydrogens (tertiary/aromatic N) is 3. The van der Waals surface area contributed by atoms with E-state index in [9.17, 15) is 13.2 Å². The molecular weight excluding hydrogens is 468 g/mol. The predicted molar refractivity (Wildman–Crippen MR) is 137 cm³/mol. The number of thioether (sulfide) groups is 1. The lowest BCUT2D eigenvalue weighted by Gasteiger charge is -2.16. The fraction of sp³-hybridized carbons (Fsp3) is 0.320. The number of anilines is 1. The van der Waals surface area contributed by atoms with Crippen LogP contribution in [0.4, 0.5) is 5.69 Å². The summed E-state index contributed by atoms with van der Waals surface area (Å²) in [6.07, 6.45) is 2.23. The molecule has 0 fully saturated rings. The van der Waals surface area contributed by atoms with Crippen molar-refractivity contribution in [3.05, 3.63) is 77.6 Å². The fourth-order valence-electron chi connectivity index (χ4n) is 3.36. The molecule has 3 aromatic rings. The summed E-state index contributed by atoms with van der Waals surface area (Å²) in [6.45, 7) is 11.9. The van der Waals surface area contributed by atoms with Gasteiger partial charge in [-0.2, -0.15) is 0 Å². The standard InChI is InChI=1S/C25H30N4O3S2/c1-6-14-29-23(16-34(31,32)20-12-9-17(3)10-13-20)27-28-25(29)33-22(7-2)24(30)26-21-15-18(4)8-11-19(21)5/h6,8-13,15,22H,1,7,14,16H2,2-5H3,(H,26,30). The van der Waals surface area contributed by atoms with Crippen molar-refractivity contribution in [2.75, 3.05) is 5.32 Å². The molecule has 34 heavy (non-hydrogen) atoms. The smallest absolute Gasteiger partial charge is 0.237 e. The summed E-state index contributed by atoms with van der Waals surface area (Å²) in [4.78, 5) is 13.3. The highest BCUT2D eigenvalue weighted by Gasteiger charge is 2.25. The first-order chi connectivity index (χ1) is 16.1. The normalized spacial score (nSPS) is 12.4. The van der Waals surface area contributed by atoms with Crippen LogP contribution in [0.2, 0.25) is 0 Å². The fourth-order valence-corrected chi connectivity index (χ4v) is 5.61. The number of benzene rings is 2. The van der Waals surface area contributed by atoms with E-state index in [1.807, 2.05) is 45.9 Å². The molecular formula is C25H30N4O3S2. The van der Waals surface area contributed by atoms with Gasteiger partial charge in [0.05, 0.1) is 10.1 Å². The number of sulfone groups is 1. The Bertz CT molecular complexity index is 1280. The summed E-state index contributed by atoms with van der Waals surface area (Å²) in [5.74, 6) is -0.112. The summed E-state index contributed by atoms with van der Waals surface area (Å²) in [7, 11) is -3.60. The highest BCUT2D eigenvalue weighted by atomic mass is 32.2. The lowest BCUT2D eigenvalue weighted by Crippen LogP contribution is -2.25. The van der Waals surface area contributed by atoms with Crippen molar-refractivity contribution in [2.24, 2.45) is 0 Å². The lowest BCUT2D eigenvalue weighted by molar-refractivity contribution is -0.115. The van der Waals surface area contributed by atoms with Gasteiger partial charge in [-0.1, -0.05) is 54.6 Å². The van der Waals surface area contributed by atoms with E-state index in [1.165, 1.54) is 11.8 Å². The van der Waals surface area contributed by atoms with Gasteiger partial charge in [-0.25, -0.2) is 8.42 Å². The first-order valence-electron chi connectivity index (χ1n) is 11.0. The Labute approximate surface area is 205 Å². The number of nitrogens with one attached hydrogen (secondary N) is 1. The number of aromatic nitrogens is 3. The maximum absolute atomic E-state index is 13.0. The maximum Gasteiger partial charge on any atom is 0.237 e. The zero-order chi connectivity index (χ0) is 24.9. The van der Waals surface area contributed by atoms with Crippen LogP contribution in [0.15, 0.2) is 65.2 Å². The van der Waals surface area contributed by atoms with Gasteiger partial charge in [0, 0.05) is 12.2 Å². The Morgan fingerprint density at radius 2 is 1.79 bits per heavy atom. The molecule has 9 heteroatoms. The minimum absolute atomic E-state index is 0.136. The van der Waals surface area contributed by atoms with E-state index >= 15 is 0 Å². The van der Waals surface area contributed by atoms with Crippen LogP contribution in [0.25, 0.3) is 0 Å². The molecule has 7 nitrogen and oxygen atoms in total. The van der Waals surface area contributed by atoms with Gasteiger partial charge in [-0.15, -0.1) is 16.8 Å². The van der Waals surface area contributed by atoms with Gasteiger partial charge in [0.15, 0.2) is 15.0 Å². The SMILES string of the molecule is C=CCn1c(CS(=O)(=O)c2ccc(C)cc2)nnc1SC(CC)C(=O)Nc1cc(C)ccc1C. The highest BCUT2D eigenvalue weighted by molar-refractivity contribution is 8.00. The van der Waals surface area contributed by atoms with Crippen molar-refractivity contribution in [3.8, 4) is 0 Å². The van der Waals surface area contributed by atoms with Gasteiger partial charge in [0.25, 0.3) is 0 Å². The van der Waals surface area contributed by atoms with Crippen molar-refractivity contribution in [3.63, 3.8) is 0 Å². The van der Waals surface area contributed by atoms with E-state index in [0.717, 1.165) is 22.4 Å². The number of allylic oxidation sites excluding steroid dienone is 1. The highest BCUT2D eigenvalue weighted by Crippen LogP contribution is 2.28. The van der Waals surface area contributed by atoms with Crippen LogP contribution in [-0.4, -0.2) is 34.3 Å². The number of aryl methyl sites for hydroxylation is 3. The molecule has 180 valence electrons. The van der Waals surface area contributed by atoms with Crippen molar-refractivity contribution >= 4 is 33.2 Å². The van der Waals surface area contributed by atoms with Crippen LogP contribution in [0.3, 0.4) is 0 Å². The molecule has 1 N–H and O–H groups in total. The average molecular weight is 499 g/mol. The van der Waals surface area contributed by atoms with E-state index < -0.39 is 15.1 Å². The first-order valence-corrected chi connectivity index (χ1v) is 13.5. The molecule has 3 rings (SSSR count). The number of hydrogen-bond donors (Lipinski definition) is 1. The zero-order valence-electron chi connectivity index (χ0n) is 19.9. The molecule has 0 aliphatic carbocycles. The molecule has 2 aromatic carbocycles. The molecule has 1 aromatic heterocycles. The Morgan fingerprint density at radius 1 is 1.12 bits per heavy atom. The summed E-state index contributed by atoms with van der Waals surface area (Å²) in [5, 5.41) is 11.4. The lowest BCUT2D eigenvalue weighted by atomic mass is 10.1. The summed E-state index contributed by atoms with van der Waals surface area (Å²) >= 11 is 1.27. The molecule has 1 heterocycles. The number of amides is 1. The van der Waals surface area contributed by atoms with E-state index in [-0.39, 0.29) is 16.6 Å². The third-order valence-corrected chi connectivity index (χ3v) is 8.34. The summed E-state index contributed by atoms with van der Waals surface area (Å²) in [5.41, 5.74) is 3.81. The number of carbonyl (C=O) groups excluding carboxylic acids is 1. The molecule has 0 spiro atoms. The van der Waals surface area contributed by atoms with Gasteiger partial charge in [-0.3, -0.25) is 4.79 Å². The third kappa shape index (κ3) is 6.15. The van der Waals surface area contributed by atoms with Gasteiger partial charge < -0.3 is 9.88 Å². The Balaban J connectivity index is 1.82. The van der Waals surface area contributed by atoms with Crippen LogP contribution >= 0.6 is 11.8 Å². The minimum atomic E-state index is -3.60. The molecule has 1 unspecified atom stereocenters. The van der Waals surface area contributed by atoms with Gasteiger partial charge in [-0.05, 0) is 56.5 Å². The predicted octanol–water partition coefficient (Wildman–Crippen LogP) is 4.87. The van der Waals surface area contributed by atoms with Gasteiger partial charge in [0.2, 0.25) is 5.91 Å². The van der Waals surface area contributed by atoms with Crippen LogP contribution in [0.1, 0.15) is 35.9 Å². The molecule has 0 radical (unpaired) electrons. The van der Waals surface area contributed by atoms with E-state index in [1.54, 1.807) is 34.9 Å². The Morgan fingerprint density at radius 3 is 2.44 bits per heavy atom.